The molecule has 3 aromatic rings. The summed E-state index contributed by atoms with van der Waals surface area (Å²) in [5.41, 5.74) is 7.40. The molecule has 0 bridgehead atoms. The van der Waals surface area contributed by atoms with Gasteiger partial charge >= 0.3 is 0 Å². The molecular weight excluding hydrogens is 345 g/mol. The van der Waals surface area contributed by atoms with Crippen LogP contribution in [-0.2, 0) is 4.79 Å². The smallest absolute Gasteiger partial charge is 0.240 e. The van der Waals surface area contributed by atoms with Crippen molar-refractivity contribution in [3.05, 3.63) is 53.6 Å². The van der Waals surface area contributed by atoms with Crippen LogP contribution in [0.4, 0.5) is 21.6 Å². The third-order valence-corrected chi connectivity index (χ3v) is 3.79. The van der Waals surface area contributed by atoms with Crippen molar-refractivity contribution in [2.75, 3.05) is 10.6 Å². The zero-order chi connectivity index (χ0) is 18.0. The van der Waals surface area contributed by atoms with Gasteiger partial charge in [0.2, 0.25) is 5.91 Å². The molecule has 0 aliphatic carbocycles. The average Bonchev–Trinajstić information content (AvgIpc) is 2.58. The monoisotopic (exact) mass is 359 g/mol. The number of benzene rings is 2. The van der Waals surface area contributed by atoms with Crippen molar-refractivity contribution < 1.29 is 9.18 Å². The van der Waals surface area contributed by atoms with Crippen LogP contribution in [0.3, 0.4) is 0 Å². The maximum Gasteiger partial charge on any atom is 0.240 e. The van der Waals surface area contributed by atoms with Gasteiger partial charge in [-0.15, -0.1) is 0 Å². The van der Waals surface area contributed by atoms with E-state index in [0.29, 0.717) is 28.1 Å². The Morgan fingerprint density at radius 2 is 1.96 bits per heavy atom. The Balaban J connectivity index is 1.96. The van der Waals surface area contributed by atoms with Crippen LogP contribution < -0.4 is 16.4 Å². The van der Waals surface area contributed by atoms with Crippen molar-refractivity contribution in [2.45, 2.75) is 13.0 Å². The summed E-state index contributed by atoms with van der Waals surface area (Å²) < 4.78 is 13.3. The second-order valence-corrected chi connectivity index (χ2v) is 5.89. The molecule has 2 aromatic carbocycles. The first-order chi connectivity index (χ1) is 11.9. The first-order valence-electron chi connectivity index (χ1n) is 7.47. The highest BCUT2D eigenvalue weighted by molar-refractivity contribution is 6.31. The zero-order valence-electron chi connectivity index (χ0n) is 13.3. The quantitative estimate of drug-likeness (QED) is 0.663. The first-order valence-corrected chi connectivity index (χ1v) is 7.85. The highest BCUT2D eigenvalue weighted by Gasteiger charge is 2.10. The van der Waals surface area contributed by atoms with Crippen LogP contribution in [0, 0.1) is 5.82 Å². The number of hydrogen-bond donors (Lipinski definition) is 3. The number of anilines is 3. The van der Waals surface area contributed by atoms with Gasteiger partial charge in [0.1, 0.15) is 18.0 Å². The Morgan fingerprint density at radius 3 is 2.68 bits per heavy atom. The molecule has 8 heteroatoms. The average molecular weight is 360 g/mol. The van der Waals surface area contributed by atoms with Crippen LogP contribution in [0.1, 0.15) is 6.92 Å². The van der Waals surface area contributed by atoms with Gasteiger partial charge in [-0.25, -0.2) is 14.4 Å². The summed E-state index contributed by atoms with van der Waals surface area (Å²) in [6.45, 7) is 1.60. The molecule has 3 rings (SSSR count). The van der Waals surface area contributed by atoms with Crippen LogP contribution in [-0.4, -0.2) is 21.9 Å². The number of halogens is 2. The molecule has 0 radical (unpaired) electrons. The van der Waals surface area contributed by atoms with Crippen molar-refractivity contribution in [1.29, 1.82) is 0 Å². The zero-order valence-corrected chi connectivity index (χ0v) is 14.0. The molecule has 0 unspecified atom stereocenters. The summed E-state index contributed by atoms with van der Waals surface area (Å²) >= 11 is 5.80. The molecule has 6 nitrogen and oxygen atoms in total. The largest absolute Gasteiger partial charge is 0.340 e. The van der Waals surface area contributed by atoms with E-state index in [0.717, 1.165) is 0 Å². The van der Waals surface area contributed by atoms with E-state index in [2.05, 4.69) is 20.6 Å². The number of rotatable bonds is 4. The molecule has 0 saturated heterocycles. The Kier molecular flexibility index (Phi) is 4.78. The molecule has 0 saturated carbocycles. The molecule has 4 N–H and O–H groups in total. The highest BCUT2D eigenvalue weighted by Crippen LogP contribution is 2.27. The Hall–Kier alpha value is -2.77. The van der Waals surface area contributed by atoms with Gasteiger partial charge in [0.05, 0.1) is 16.6 Å². The van der Waals surface area contributed by atoms with Gasteiger partial charge in [-0.2, -0.15) is 0 Å². The van der Waals surface area contributed by atoms with E-state index in [-0.39, 0.29) is 10.9 Å². The van der Waals surface area contributed by atoms with Crippen LogP contribution in [0.5, 0.6) is 0 Å². The second kappa shape index (κ2) is 7.00. The maximum atomic E-state index is 13.3. The molecule has 0 aliphatic heterocycles. The third-order valence-electron chi connectivity index (χ3n) is 3.50. The minimum absolute atomic E-state index is 0.00764. The topological polar surface area (TPSA) is 92.9 Å². The number of carbonyl (C=O) groups excluding carboxylic acids is 1. The number of fused-ring (bicyclic) bond motifs is 1. The van der Waals surface area contributed by atoms with Crippen LogP contribution in [0.2, 0.25) is 5.02 Å². The first kappa shape index (κ1) is 17.1. The fraction of sp³-hybridized carbons (Fsp3) is 0.118. The number of carbonyl (C=O) groups is 1. The normalized spacial score (nSPS) is 12.0. The molecule has 0 fully saturated rings. The van der Waals surface area contributed by atoms with E-state index in [1.807, 2.05) is 0 Å². The van der Waals surface area contributed by atoms with Crippen molar-refractivity contribution in [3.63, 3.8) is 0 Å². The highest BCUT2D eigenvalue weighted by atomic mass is 35.5. The number of aromatic nitrogens is 2. The molecular formula is C17H15ClFN5O. The standard InChI is InChI=1S/C17H15ClFN5O/c1-9(20)17(25)24-10-3-5-15-12(6-10)16(22-8-21-15)23-11-2-4-14(19)13(18)7-11/h2-9H,20H2,1H3,(H,24,25)(H,21,22,23)/t9-/m1/s1. The third kappa shape index (κ3) is 3.84. The van der Waals surface area contributed by atoms with E-state index < -0.39 is 11.9 Å². The lowest BCUT2D eigenvalue weighted by atomic mass is 10.2. The maximum absolute atomic E-state index is 13.3. The minimum Gasteiger partial charge on any atom is -0.340 e. The number of hydrogen-bond acceptors (Lipinski definition) is 5. The molecule has 25 heavy (non-hydrogen) atoms. The predicted octanol–water partition coefficient (Wildman–Crippen LogP) is 3.45. The van der Waals surface area contributed by atoms with E-state index in [4.69, 9.17) is 17.3 Å². The number of nitrogens with two attached hydrogens (primary N) is 1. The van der Waals surface area contributed by atoms with E-state index >= 15 is 0 Å². The fourth-order valence-corrected chi connectivity index (χ4v) is 2.38. The van der Waals surface area contributed by atoms with Crippen molar-refractivity contribution in [2.24, 2.45) is 5.73 Å². The van der Waals surface area contributed by atoms with Crippen molar-refractivity contribution in [1.82, 2.24) is 9.97 Å². The van der Waals surface area contributed by atoms with Gasteiger partial charge < -0.3 is 16.4 Å². The predicted molar refractivity (Wildman–Crippen MR) is 96.5 cm³/mol. The molecule has 0 aliphatic rings. The van der Waals surface area contributed by atoms with Crippen LogP contribution in [0.15, 0.2) is 42.7 Å². The SMILES string of the molecule is C[C@@H](N)C(=O)Nc1ccc2ncnc(Nc3ccc(F)c(Cl)c3)c2c1. The lowest BCUT2D eigenvalue weighted by Crippen LogP contribution is -2.32. The lowest BCUT2D eigenvalue weighted by molar-refractivity contribution is -0.117. The van der Waals surface area contributed by atoms with Gasteiger partial charge in [0, 0.05) is 16.8 Å². The number of nitrogens with zero attached hydrogens (tertiary/aromatic N) is 2. The minimum atomic E-state index is -0.623. The fourth-order valence-electron chi connectivity index (χ4n) is 2.20. The van der Waals surface area contributed by atoms with E-state index in [1.165, 1.54) is 18.5 Å². The summed E-state index contributed by atoms with van der Waals surface area (Å²) in [7, 11) is 0. The molecule has 1 atom stereocenters. The lowest BCUT2D eigenvalue weighted by Gasteiger charge is -2.11. The second-order valence-electron chi connectivity index (χ2n) is 5.49. The van der Waals surface area contributed by atoms with Crippen molar-refractivity contribution >= 4 is 45.6 Å². The summed E-state index contributed by atoms with van der Waals surface area (Å²) in [5, 5.41) is 6.50. The summed E-state index contributed by atoms with van der Waals surface area (Å²) in [4.78, 5) is 20.2. The van der Waals surface area contributed by atoms with E-state index in [9.17, 15) is 9.18 Å². The van der Waals surface area contributed by atoms with Crippen molar-refractivity contribution in [3.8, 4) is 0 Å². The number of nitrogens with one attached hydrogen (secondary N) is 2. The molecule has 128 valence electrons. The van der Waals surface area contributed by atoms with Gasteiger partial charge in [0.15, 0.2) is 0 Å². The van der Waals surface area contributed by atoms with Gasteiger partial charge in [-0.05, 0) is 43.3 Å². The Morgan fingerprint density at radius 1 is 1.20 bits per heavy atom. The summed E-state index contributed by atoms with van der Waals surface area (Å²) in [6, 6.07) is 8.89. The van der Waals surface area contributed by atoms with Gasteiger partial charge in [0.25, 0.3) is 0 Å². The van der Waals surface area contributed by atoms with E-state index in [1.54, 1.807) is 31.2 Å². The summed E-state index contributed by atoms with van der Waals surface area (Å²) in [6.07, 6.45) is 1.41. The van der Waals surface area contributed by atoms with Crippen LogP contribution in [0.25, 0.3) is 10.9 Å². The molecule has 1 aromatic heterocycles. The Bertz CT molecular complexity index is 947. The molecule has 1 amide bonds. The molecule has 0 spiro atoms. The van der Waals surface area contributed by atoms with Gasteiger partial charge in [-0.1, -0.05) is 11.6 Å². The Labute approximate surface area is 148 Å². The summed E-state index contributed by atoms with van der Waals surface area (Å²) in [5.74, 6) is -0.290. The molecule has 1 heterocycles. The van der Waals surface area contributed by atoms with Gasteiger partial charge in [-0.3, -0.25) is 4.79 Å². The number of amides is 1. The van der Waals surface area contributed by atoms with Crippen LogP contribution >= 0.6 is 11.6 Å².